The number of alkyl halides is 2. The Labute approximate surface area is 119 Å². The first-order valence-corrected chi connectivity index (χ1v) is 6.03. The number of aryl methyl sites for hydroxylation is 1. The van der Waals surface area contributed by atoms with Crippen LogP contribution in [0.2, 0.25) is 0 Å². The first kappa shape index (κ1) is 14.8. The molecule has 0 fully saturated rings. The molecule has 5 nitrogen and oxygen atoms in total. The summed E-state index contributed by atoms with van der Waals surface area (Å²) >= 11 is 0. The van der Waals surface area contributed by atoms with E-state index in [0.29, 0.717) is 17.0 Å². The summed E-state index contributed by atoms with van der Waals surface area (Å²) in [6, 6.07) is 3.08. The molecule has 21 heavy (non-hydrogen) atoms. The molecule has 0 aliphatic carbocycles. The van der Waals surface area contributed by atoms with E-state index in [-0.39, 0.29) is 11.1 Å². The Morgan fingerprint density at radius 2 is 2.10 bits per heavy atom. The number of hydrogen-bond donors (Lipinski definition) is 1. The first-order valence-electron chi connectivity index (χ1n) is 6.03. The number of carbonyl (C=O) groups is 1. The number of primary amides is 1. The lowest BCUT2D eigenvalue weighted by Gasteiger charge is -2.14. The number of nitrogens with zero attached hydrogens (tertiary/aromatic N) is 2. The number of halogens is 2. The summed E-state index contributed by atoms with van der Waals surface area (Å²) in [5.74, 6) is -0.613. The SMILES string of the molecule is COc1cnccc1-c1cc(C)nc(C(F)F)c1C(N)=O. The fraction of sp³-hybridized carbons (Fsp3) is 0.214. The summed E-state index contributed by atoms with van der Waals surface area (Å²) < 4.78 is 31.4. The van der Waals surface area contributed by atoms with Crippen molar-refractivity contribution in [2.24, 2.45) is 5.73 Å². The van der Waals surface area contributed by atoms with Crippen LogP contribution < -0.4 is 10.5 Å². The number of hydrogen-bond acceptors (Lipinski definition) is 4. The molecule has 0 aromatic carbocycles. The van der Waals surface area contributed by atoms with Gasteiger partial charge in [-0.2, -0.15) is 0 Å². The summed E-state index contributed by atoms with van der Waals surface area (Å²) in [5, 5.41) is 0. The van der Waals surface area contributed by atoms with E-state index in [2.05, 4.69) is 9.97 Å². The van der Waals surface area contributed by atoms with Gasteiger partial charge in [-0.1, -0.05) is 0 Å². The maximum atomic E-state index is 13.1. The van der Waals surface area contributed by atoms with Crippen LogP contribution in [0.15, 0.2) is 24.5 Å². The molecule has 0 saturated carbocycles. The minimum Gasteiger partial charge on any atom is -0.494 e. The summed E-state index contributed by atoms with van der Waals surface area (Å²) in [6.07, 6.45) is -0.00258. The minimum absolute atomic E-state index is 0.254. The molecular weight excluding hydrogens is 280 g/mol. The monoisotopic (exact) mass is 293 g/mol. The van der Waals surface area contributed by atoms with Crippen molar-refractivity contribution in [3.63, 3.8) is 0 Å². The van der Waals surface area contributed by atoms with Gasteiger partial charge in [-0.25, -0.2) is 8.78 Å². The molecule has 0 atom stereocenters. The van der Waals surface area contributed by atoms with Crippen LogP contribution in [0, 0.1) is 6.92 Å². The number of carbonyl (C=O) groups excluding carboxylic acids is 1. The van der Waals surface area contributed by atoms with Gasteiger partial charge in [0.1, 0.15) is 11.4 Å². The van der Waals surface area contributed by atoms with Crippen LogP contribution in [-0.2, 0) is 0 Å². The van der Waals surface area contributed by atoms with Crippen LogP contribution in [0.5, 0.6) is 5.75 Å². The number of rotatable bonds is 4. The van der Waals surface area contributed by atoms with Gasteiger partial charge in [-0.3, -0.25) is 14.8 Å². The second kappa shape index (κ2) is 5.82. The Morgan fingerprint density at radius 3 is 2.67 bits per heavy atom. The fourth-order valence-corrected chi connectivity index (χ4v) is 2.09. The third kappa shape index (κ3) is 2.81. The lowest BCUT2D eigenvalue weighted by molar-refractivity contribution is 0.0983. The molecule has 2 N–H and O–H groups in total. The highest BCUT2D eigenvalue weighted by atomic mass is 19.3. The summed E-state index contributed by atoms with van der Waals surface area (Å²) in [7, 11) is 1.42. The predicted octanol–water partition coefficient (Wildman–Crippen LogP) is 2.50. The zero-order valence-corrected chi connectivity index (χ0v) is 11.4. The van der Waals surface area contributed by atoms with Crippen molar-refractivity contribution < 1.29 is 18.3 Å². The standard InChI is InChI=1S/C14H13F2N3O2/c1-7-5-9(8-3-4-18-6-10(8)21-2)11(14(17)20)12(19-7)13(15)16/h3-6,13H,1-2H3,(H2,17,20). The molecule has 0 aliphatic heterocycles. The molecule has 0 aliphatic rings. The molecule has 2 rings (SSSR count). The van der Waals surface area contributed by atoms with Crippen LogP contribution >= 0.6 is 0 Å². The second-order valence-electron chi connectivity index (χ2n) is 4.31. The maximum Gasteiger partial charge on any atom is 0.281 e. The first-order chi connectivity index (χ1) is 9.95. The van der Waals surface area contributed by atoms with Gasteiger partial charge in [0.15, 0.2) is 0 Å². The van der Waals surface area contributed by atoms with Crippen molar-refractivity contribution in [1.29, 1.82) is 0 Å². The highest BCUT2D eigenvalue weighted by Gasteiger charge is 2.24. The molecule has 1 amide bonds. The number of aromatic nitrogens is 2. The van der Waals surface area contributed by atoms with Crippen molar-refractivity contribution in [2.75, 3.05) is 7.11 Å². The van der Waals surface area contributed by atoms with Gasteiger partial charge in [0, 0.05) is 23.0 Å². The molecule has 0 saturated heterocycles. The van der Waals surface area contributed by atoms with Crippen molar-refractivity contribution in [3.8, 4) is 16.9 Å². The van der Waals surface area contributed by atoms with Gasteiger partial charge < -0.3 is 10.5 Å². The zero-order valence-electron chi connectivity index (χ0n) is 11.4. The van der Waals surface area contributed by atoms with Crippen LogP contribution in [-0.4, -0.2) is 23.0 Å². The predicted molar refractivity (Wildman–Crippen MR) is 72.2 cm³/mol. The highest BCUT2D eigenvalue weighted by Crippen LogP contribution is 2.35. The topological polar surface area (TPSA) is 78.1 Å². The van der Waals surface area contributed by atoms with Crippen molar-refractivity contribution in [3.05, 3.63) is 41.5 Å². The zero-order chi connectivity index (χ0) is 15.6. The molecule has 7 heteroatoms. The number of nitrogens with two attached hydrogens (primary N) is 1. The normalized spacial score (nSPS) is 10.7. The Bertz CT molecular complexity index is 690. The van der Waals surface area contributed by atoms with E-state index in [0.717, 1.165) is 0 Å². The lowest BCUT2D eigenvalue weighted by Crippen LogP contribution is -2.17. The van der Waals surface area contributed by atoms with Crippen LogP contribution in [0.3, 0.4) is 0 Å². The number of pyridine rings is 2. The minimum atomic E-state index is -2.90. The van der Waals surface area contributed by atoms with Gasteiger partial charge in [-0.05, 0) is 19.1 Å². The number of amides is 1. The van der Waals surface area contributed by atoms with Crippen LogP contribution in [0.1, 0.15) is 28.2 Å². The molecular formula is C14H13F2N3O2. The number of ether oxygens (including phenoxy) is 1. The smallest absolute Gasteiger partial charge is 0.281 e. The average molecular weight is 293 g/mol. The summed E-state index contributed by atoms with van der Waals surface area (Å²) in [6.45, 7) is 1.56. The molecule has 0 radical (unpaired) electrons. The second-order valence-corrected chi connectivity index (χ2v) is 4.31. The maximum absolute atomic E-state index is 13.1. The largest absolute Gasteiger partial charge is 0.494 e. The van der Waals surface area contributed by atoms with E-state index in [1.165, 1.54) is 25.6 Å². The third-order valence-corrected chi connectivity index (χ3v) is 2.92. The van der Waals surface area contributed by atoms with E-state index in [9.17, 15) is 13.6 Å². The molecule has 110 valence electrons. The number of methoxy groups -OCH3 is 1. The molecule has 0 unspecified atom stereocenters. The van der Waals surface area contributed by atoms with Crippen molar-refractivity contribution >= 4 is 5.91 Å². The van der Waals surface area contributed by atoms with Gasteiger partial charge in [-0.15, -0.1) is 0 Å². The Kier molecular flexibility index (Phi) is 4.11. The van der Waals surface area contributed by atoms with Gasteiger partial charge >= 0.3 is 0 Å². The lowest BCUT2D eigenvalue weighted by atomic mass is 9.97. The van der Waals surface area contributed by atoms with Gasteiger partial charge in [0.2, 0.25) is 0 Å². The molecule has 2 aromatic heterocycles. The third-order valence-electron chi connectivity index (χ3n) is 2.92. The van der Waals surface area contributed by atoms with Crippen LogP contribution in [0.4, 0.5) is 8.78 Å². The van der Waals surface area contributed by atoms with E-state index in [1.807, 2.05) is 0 Å². The Balaban J connectivity index is 2.82. The highest BCUT2D eigenvalue weighted by molar-refractivity contribution is 6.01. The molecule has 0 bridgehead atoms. The summed E-state index contributed by atoms with van der Waals surface area (Å²) in [5.41, 5.74) is 5.39. The summed E-state index contributed by atoms with van der Waals surface area (Å²) in [4.78, 5) is 19.2. The van der Waals surface area contributed by atoms with Crippen LogP contribution in [0.25, 0.3) is 11.1 Å². The molecule has 2 aromatic rings. The molecule has 2 heterocycles. The fourth-order valence-electron chi connectivity index (χ4n) is 2.09. The average Bonchev–Trinajstić information content (AvgIpc) is 2.45. The quantitative estimate of drug-likeness (QED) is 0.939. The van der Waals surface area contributed by atoms with E-state index in [4.69, 9.17) is 10.5 Å². The van der Waals surface area contributed by atoms with Gasteiger partial charge in [0.25, 0.3) is 12.3 Å². The van der Waals surface area contributed by atoms with Crippen molar-refractivity contribution in [1.82, 2.24) is 9.97 Å². The molecule has 0 spiro atoms. The Morgan fingerprint density at radius 1 is 1.38 bits per heavy atom. The van der Waals surface area contributed by atoms with E-state index >= 15 is 0 Å². The van der Waals surface area contributed by atoms with Crippen molar-refractivity contribution in [2.45, 2.75) is 13.3 Å². The van der Waals surface area contributed by atoms with E-state index in [1.54, 1.807) is 13.0 Å². The van der Waals surface area contributed by atoms with E-state index < -0.39 is 18.0 Å². The Hall–Kier alpha value is -2.57. The van der Waals surface area contributed by atoms with Gasteiger partial charge in [0.05, 0.1) is 18.9 Å².